The van der Waals surface area contributed by atoms with Crippen molar-refractivity contribution in [1.29, 1.82) is 5.41 Å². The second-order valence-electron chi connectivity index (χ2n) is 11.3. The molecule has 5 rings (SSSR count). The average molecular weight is 543 g/mol. The van der Waals surface area contributed by atoms with E-state index >= 15 is 0 Å². The van der Waals surface area contributed by atoms with Crippen molar-refractivity contribution in [1.82, 2.24) is 9.88 Å². The number of anilines is 1. The minimum Gasteiger partial charge on any atom is -0.398 e. The lowest BCUT2D eigenvalue weighted by molar-refractivity contribution is -0.0300. The molecule has 0 aliphatic heterocycles. The van der Waals surface area contributed by atoms with Crippen molar-refractivity contribution in [2.24, 2.45) is 0 Å². The first kappa shape index (κ1) is 27.6. The van der Waals surface area contributed by atoms with Gasteiger partial charge in [0.2, 0.25) is 0 Å². The molecule has 7 nitrogen and oxygen atoms in total. The predicted molar refractivity (Wildman–Crippen MR) is 157 cm³/mol. The van der Waals surface area contributed by atoms with Gasteiger partial charge in [-0.15, -0.1) is 0 Å². The third kappa shape index (κ3) is 5.00. The van der Waals surface area contributed by atoms with Crippen LogP contribution in [0.1, 0.15) is 54.7 Å². The van der Waals surface area contributed by atoms with Crippen LogP contribution in [0.5, 0.6) is 0 Å². The van der Waals surface area contributed by atoms with E-state index in [1.54, 1.807) is 31.4 Å². The maximum atomic E-state index is 13.9. The largest absolute Gasteiger partial charge is 0.398 e. The summed E-state index contributed by atoms with van der Waals surface area (Å²) in [5, 5.41) is 22.0. The Kier molecular flexibility index (Phi) is 7.25. The number of methoxy groups -OCH3 is 1. The SMILES string of the molecule is COCC(C)(C)c1c(-c2ccc(C(=O)NCC3(O)CCC3)cc2)c2cc(N)c(C=N)cc2n1-c1ccc(F)cc1. The summed E-state index contributed by atoms with van der Waals surface area (Å²) in [6.07, 6.45) is 3.60. The van der Waals surface area contributed by atoms with E-state index in [1.807, 2.05) is 24.3 Å². The van der Waals surface area contributed by atoms with Crippen LogP contribution in [0, 0.1) is 11.2 Å². The Hall–Kier alpha value is -4.01. The highest BCUT2D eigenvalue weighted by atomic mass is 19.1. The molecule has 40 heavy (non-hydrogen) atoms. The van der Waals surface area contributed by atoms with E-state index in [-0.39, 0.29) is 18.3 Å². The summed E-state index contributed by atoms with van der Waals surface area (Å²) in [7, 11) is 1.66. The smallest absolute Gasteiger partial charge is 0.251 e. The van der Waals surface area contributed by atoms with E-state index in [0.29, 0.717) is 36.3 Å². The molecule has 0 atom stereocenters. The van der Waals surface area contributed by atoms with Crippen LogP contribution >= 0.6 is 0 Å². The number of halogens is 1. The van der Waals surface area contributed by atoms with Gasteiger partial charge < -0.3 is 30.9 Å². The Labute approximate surface area is 233 Å². The molecule has 1 fully saturated rings. The number of fused-ring (bicyclic) bond motifs is 1. The van der Waals surface area contributed by atoms with Crippen molar-refractivity contribution < 1.29 is 19.0 Å². The quantitative estimate of drug-likeness (QED) is 0.163. The molecule has 1 saturated carbocycles. The second kappa shape index (κ2) is 10.5. The molecule has 1 heterocycles. The summed E-state index contributed by atoms with van der Waals surface area (Å²) in [4.78, 5) is 12.8. The number of nitrogens with two attached hydrogens (primary N) is 1. The number of rotatable bonds is 9. The maximum Gasteiger partial charge on any atom is 0.251 e. The van der Waals surface area contributed by atoms with Crippen molar-refractivity contribution in [3.63, 3.8) is 0 Å². The Balaban J connectivity index is 1.69. The van der Waals surface area contributed by atoms with Crippen LogP contribution in [0.3, 0.4) is 0 Å². The van der Waals surface area contributed by atoms with Gasteiger partial charge in [-0.2, -0.15) is 0 Å². The Morgan fingerprint density at radius 3 is 2.42 bits per heavy atom. The van der Waals surface area contributed by atoms with Crippen molar-refractivity contribution in [2.75, 3.05) is 26.0 Å². The van der Waals surface area contributed by atoms with Crippen LogP contribution in [0.15, 0.2) is 60.7 Å². The number of amides is 1. The van der Waals surface area contributed by atoms with Gasteiger partial charge >= 0.3 is 0 Å². The van der Waals surface area contributed by atoms with Gasteiger partial charge in [-0.1, -0.05) is 26.0 Å². The first-order valence-corrected chi connectivity index (χ1v) is 13.4. The van der Waals surface area contributed by atoms with Crippen LogP contribution < -0.4 is 11.1 Å². The summed E-state index contributed by atoms with van der Waals surface area (Å²) in [6, 6.07) is 17.4. The summed E-state index contributed by atoms with van der Waals surface area (Å²) < 4.78 is 21.7. The second-order valence-corrected chi connectivity index (χ2v) is 11.3. The first-order chi connectivity index (χ1) is 19.1. The Morgan fingerprint density at radius 1 is 1.18 bits per heavy atom. The van der Waals surface area contributed by atoms with E-state index in [4.69, 9.17) is 15.9 Å². The lowest BCUT2D eigenvalue weighted by Crippen LogP contribution is -2.47. The molecule has 1 aliphatic rings. The lowest BCUT2D eigenvalue weighted by Gasteiger charge is -2.36. The highest BCUT2D eigenvalue weighted by Gasteiger charge is 2.35. The number of aliphatic hydroxyl groups is 1. The van der Waals surface area contributed by atoms with E-state index < -0.39 is 11.0 Å². The fraction of sp³-hybridized carbons (Fsp3) is 0.312. The van der Waals surface area contributed by atoms with Crippen LogP contribution in [-0.2, 0) is 10.2 Å². The molecule has 1 amide bonds. The lowest BCUT2D eigenvalue weighted by atomic mass is 9.80. The molecule has 0 radical (unpaired) electrons. The topological polar surface area (TPSA) is 113 Å². The van der Waals surface area contributed by atoms with E-state index in [9.17, 15) is 14.3 Å². The number of aromatic nitrogens is 1. The standard InChI is InChI=1S/C32H35FN4O3/c1-31(2,19-40-3)29-28(20-5-7-21(8-6-20)30(38)36-18-32(39)13-4-14-32)25-16-26(35)22(17-34)15-27(25)37(29)24-11-9-23(33)10-12-24/h5-12,15-17,34,39H,4,13-14,18-19,35H2,1-3H3,(H,36,38). The van der Waals surface area contributed by atoms with Gasteiger partial charge in [0, 0.05) is 64.4 Å². The number of benzene rings is 3. The molecule has 0 unspecified atom stereocenters. The maximum absolute atomic E-state index is 13.9. The average Bonchev–Trinajstić information content (AvgIpc) is 3.25. The van der Waals surface area contributed by atoms with Crippen LogP contribution in [0.4, 0.5) is 10.1 Å². The highest BCUT2D eigenvalue weighted by Crippen LogP contribution is 2.44. The normalized spacial score (nSPS) is 14.6. The van der Waals surface area contributed by atoms with Crippen LogP contribution in [0.2, 0.25) is 0 Å². The summed E-state index contributed by atoms with van der Waals surface area (Å²) in [5.74, 6) is -0.568. The molecule has 0 spiro atoms. The predicted octanol–water partition coefficient (Wildman–Crippen LogP) is 5.59. The molecular formula is C32H35FN4O3. The highest BCUT2D eigenvalue weighted by molar-refractivity contribution is 6.05. The number of ether oxygens (including phenoxy) is 1. The van der Waals surface area contributed by atoms with Gasteiger partial charge in [-0.25, -0.2) is 4.39 Å². The number of hydrogen-bond acceptors (Lipinski definition) is 5. The number of carbonyl (C=O) groups excluding carboxylic acids is 1. The molecule has 8 heteroatoms. The molecule has 4 aromatic rings. The fourth-order valence-electron chi connectivity index (χ4n) is 5.61. The molecule has 5 N–H and O–H groups in total. The van der Waals surface area contributed by atoms with Crippen molar-refractivity contribution in [3.05, 3.63) is 83.3 Å². The summed E-state index contributed by atoms with van der Waals surface area (Å²) in [6.45, 7) is 4.82. The van der Waals surface area contributed by atoms with Gasteiger partial charge in [-0.05, 0) is 73.4 Å². The van der Waals surface area contributed by atoms with Gasteiger partial charge in [0.1, 0.15) is 5.82 Å². The molecule has 1 aromatic heterocycles. The van der Waals surface area contributed by atoms with Gasteiger partial charge in [0.25, 0.3) is 5.91 Å². The van der Waals surface area contributed by atoms with Crippen LogP contribution in [0.25, 0.3) is 27.7 Å². The molecule has 0 saturated heterocycles. The molecule has 0 bridgehead atoms. The fourth-order valence-corrected chi connectivity index (χ4v) is 5.61. The number of nitrogen functional groups attached to an aromatic ring is 1. The molecule has 208 valence electrons. The van der Waals surface area contributed by atoms with Crippen molar-refractivity contribution in [2.45, 2.75) is 44.1 Å². The van der Waals surface area contributed by atoms with Gasteiger partial charge in [0.05, 0.1) is 17.7 Å². The van der Waals surface area contributed by atoms with E-state index in [2.05, 4.69) is 23.7 Å². The van der Waals surface area contributed by atoms with E-state index in [0.717, 1.165) is 39.8 Å². The number of hydrogen-bond donors (Lipinski definition) is 4. The molecular weight excluding hydrogens is 507 g/mol. The zero-order chi connectivity index (χ0) is 28.7. The number of nitrogens with zero attached hydrogens (tertiary/aromatic N) is 1. The van der Waals surface area contributed by atoms with Gasteiger partial charge in [-0.3, -0.25) is 4.79 Å². The van der Waals surface area contributed by atoms with E-state index in [1.165, 1.54) is 18.3 Å². The Morgan fingerprint density at radius 2 is 1.85 bits per heavy atom. The zero-order valence-electron chi connectivity index (χ0n) is 23.1. The third-order valence-electron chi connectivity index (χ3n) is 7.86. The minimum atomic E-state index is -0.797. The summed E-state index contributed by atoms with van der Waals surface area (Å²) in [5.41, 5.74) is 10.9. The minimum absolute atomic E-state index is 0.236. The van der Waals surface area contributed by atoms with Gasteiger partial charge in [0.15, 0.2) is 0 Å². The zero-order valence-corrected chi connectivity index (χ0v) is 23.1. The molecule has 1 aliphatic carbocycles. The number of nitrogens with one attached hydrogen (secondary N) is 2. The summed E-state index contributed by atoms with van der Waals surface area (Å²) >= 11 is 0. The molecule has 3 aromatic carbocycles. The van der Waals surface area contributed by atoms with Crippen molar-refractivity contribution >= 4 is 28.7 Å². The monoisotopic (exact) mass is 542 g/mol. The number of carbonyl (C=O) groups is 1. The van der Waals surface area contributed by atoms with Crippen molar-refractivity contribution in [3.8, 4) is 16.8 Å². The van der Waals surface area contributed by atoms with Crippen LogP contribution in [-0.4, -0.2) is 47.7 Å². The third-order valence-corrected chi connectivity index (χ3v) is 7.86. The first-order valence-electron chi connectivity index (χ1n) is 13.4. The Bertz CT molecular complexity index is 1570.